The van der Waals surface area contributed by atoms with E-state index in [1.165, 1.54) is 28.7 Å². The first-order valence-corrected chi connectivity index (χ1v) is 10.9. The SMILES string of the molecule is Cc1ccc(Nc2nnc(SCC(=O)NC3(C#N)CCCCCC3)s2)cc1. The number of carbonyl (C=O) groups excluding carboxylic acids is 1. The number of rotatable bonds is 6. The van der Waals surface area contributed by atoms with E-state index in [1.807, 2.05) is 31.2 Å². The van der Waals surface area contributed by atoms with Crippen LogP contribution in [0.4, 0.5) is 10.8 Å². The van der Waals surface area contributed by atoms with Crippen molar-refractivity contribution in [3.05, 3.63) is 29.8 Å². The number of thioether (sulfide) groups is 1. The average Bonchev–Trinajstić information content (AvgIpc) is 2.98. The van der Waals surface area contributed by atoms with Crippen molar-refractivity contribution in [3.8, 4) is 6.07 Å². The van der Waals surface area contributed by atoms with E-state index in [2.05, 4.69) is 26.9 Å². The molecule has 1 aliphatic rings. The Kier molecular flexibility index (Phi) is 6.69. The van der Waals surface area contributed by atoms with E-state index in [0.29, 0.717) is 5.13 Å². The van der Waals surface area contributed by atoms with E-state index in [-0.39, 0.29) is 11.7 Å². The Morgan fingerprint density at radius 3 is 2.59 bits per heavy atom. The number of hydrogen-bond donors (Lipinski definition) is 2. The average molecular weight is 402 g/mol. The van der Waals surface area contributed by atoms with Crippen molar-refractivity contribution < 1.29 is 4.79 Å². The maximum absolute atomic E-state index is 12.3. The molecule has 0 bridgehead atoms. The fourth-order valence-electron chi connectivity index (χ4n) is 3.11. The minimum absolute atomic E-state index is 0.119. The topological polar surface area (TPSA) is 90.7 Å². The van der Waals surface area contributed by atoms with Crippen LogP contribution in [0.1, 0.15) is 44.1 Å². The summed E-state index contributed by atoms with van der Waals surface area (Å²) in [5, 5.41) is 24.7. The van der Waals surface area contributed by atoms with Gasteiger partial charge in [0.05, 0.1) is 11.8 Å². The van der Waals surface area contributed by atoms with Gasteiger partial charge in [-0.3, -0.25) is 4.79 Å². The monoisotopic (exact) mass is 401 g/mol. The van der Waals surface area contributed by atoms with Gasteiger partial charge in [-0.15, -0.1) is 10.2 Å². The number of aryl methyl sites for hydroxylation is 1. The molecule has 1 heterocycles. The Morgan fingerprint density at radius 2 is 1.93 bits per heavy atom. The summed E-state index contributed by atoms with van der Waals surface area (Å²) in [7, 11) is 0. The second-order valence-corrected chi connectivity index (χ2v) is 9.01. The van der Waals surface area contributed by atoms with E-state index >= 15 is 0 Å². The summed E-state index contributed by atoms with van der Waals surface area (Å²) in [5.41, 5.74) is 1.45. The number of aromatic nitrogens is 2. The van der Waals surface area contributed by atoms with Gasteiger partial charge < -0.3 is 10.6 Å². The van der Waals surface area contributed by atoms with Crippen molar-refractivity contribution in [2.75, 3.05) is 11.1 Å². The molecule has 27 heavy (non-hydrogen) atoms. The highest BCUT2D eigenvalue weighted by Crippen LogP contribution is 2.29. The minimum Gasteiger partial charge on any atom is -0.337 e. The number of hydrogen-bond acceptors (Lipinski definition) is 7. The zero-order chi connectivity index (χ0) is 19.1. The summed E-state index contributed by atoms with van der Waals surface area (Å²) >= 11 is 2.76. The molecule has 3 rings (SSSR count). The number of anilines is 2. The van der Waals surface area contributed by atoms with Crippen molar-refractivity contribution >= 4 is 39.8 Å². The lowest BCUT2D eigenvalue weighted by Crippen LogP contribution is -2.47. The molecule has 1 fully saturated rings. The lowest BCUT2D eigenvalue weighted by atomic mass is 9.92. The number of nitrogens with one attached hydrogen (secondary N) is 2. The predicted molar refractivity (Wildman–Crippen MR) is 109 cm³/mol. The third-order valence-electron chi connectivity index (χ3n) is 4.59. The molecule has 1 amide bonds. The van der Waals surface area contributed by atoms with Crippen LogP contribution in [0.15, 0.2) is 28.6 Å². The van der Waals surface area contributed by atoms with Crippen molar-refractivity contribution in [2.45, 2.75) is 55.3 Å². The first kappa shape index (κ1) is 19.6. The molecule has 0 radical (unpaired) electrons. The minimum atomic E-state index is -0.701. The molecule has 0 spiro atoms. The summed E-state index contributed by atoms with van der Waals surface area (Å²) in [6, 6.07) is 10.4. The number of benzene rings is 1. The van der Waals surface area contributed by atoms with Crippen molar-refractivity contribution in [3.63, 3.8) is 0 Å². The van der Waals surface area contributed by atoms with Gasteiger partial charge in [-0.2, -0.15) is 5.26 Å². The van der Waals surface area contributed by atoms with Gasteiger partial charge >= 0.3 is 0 Å². The summed E-state index contributed by atoms with van der Waals surface area (Å²) in [6.07, 6.45) is 5.73. The largest absolute Gasteiger partial charge is 0.337 e. The maximum atomic E-state index is 12.3. The molecule has 1 aromatic carbocycles. The van der Waals surface area contributed by atoms with Gasteiger partial charge in [0.15, 0.2) is 4.34 Å². The van der Waals surface area contributed by atoms with Crippen LogP contribution in [0.25, 0.3) is 0 Å². The molecule has 2 aromatic rings. The standard InChI is InChI=1S/C19H23N5OS2/c1-14-6-8-15(9-7-14)21-17-23-24-18(27-17)26-12-16(25)22-19(13-20)10-4-2-3-5-11-19/h6-9H,2-5,10-12H2,1H3,(H,21,23)(H,22,25). The Bertz CT molecular complexity index is 804. The van der Waals surface area contributed by atoms with Crippen molar-refractivity contribution in [1.29, 1.82) is 5.26 Å². The van der Waals surface area contributed by atoms with Crippen LogP contribution in [0.3, 0.4) is 0 Å². The van der Waals surface area contributed by atoms with E-state index in [1.54, 1.807) is 0 Å². The quantitative estimate of drug-likeness (QED) is 0.550. The Labute approximate surface area is 167 Å². The zero-order valence-corrected chi connectivity index (χ0v) is 17.0. The predicted octanol–water partition coefficient (Wildman–Crippen LogP) is 4.42. The number of carbonyl (C=O) groups is 1. The molecule has 8 heteroatoms. The zero-order valence-electron chi connectivity index (χ0n) is 15.3. The van der Waals surface area contributed by atoms with Crippen LogP contribution >= 0.6 is 23.1 Å². The summed E-state index contributed by atoms with van der Waals surface area (Å²) in [5.74, 6) is 0.120. The molecule has 142 valence electrons. The lowest BCUT2D eigenvalue weighted by Gasteiger charge is -2.26. The van der Waals surface area contributed by atoms with E-state index in [9.17, 15) is 10.1 Å². The highest BCUT2D eigenvalue weighted by atomic mass is 32.2. The molecule has 1 aliphatic carbocycles. The Hall–Kier alpha value is -2.11. The van der Waals surface area contributed by atoms with Crippen LogP contribution in [-0.4, -0.2) is 27.4 Å². The number of nitrogens with zero attached hydrogens (tertiary/aromatic N) is 3. The summed E-state index contributed by atoms with van der Waals surface area (Å²) < 4.78 is 0.728. The second-order valence-electron chi connectivity index (χ2n) is 6.81. The molecular formula is C19H23N5OS2. The second kappa shape index (κ2) is 9.20. The first-order chi connectivity index (χ1) is 13.1. The van der Waals surface area contributed by atoms with Crippen molar-refractivity contribution in [1.82, 2.24) is 15.5 Å². The Morgan fingerprint density at radius 1 is 1.22 bits per heavy atom. The van der Waals surface area contributed by atoms with Crippen LogP contribution in [0.2, 0.25) is 0 Å². The smallest absolute Gasteiger partial charge is 0.231 e. The molecule has 0 aliphatic heterocycles. The van der Waals surface area contributed by atoms with E-state index < -0.39 is 5.54 Å². The highest BCUT2D eigenvalue weighted by molar-refractivity contribution is 8.01. The molecule has 0 unspecified atom stereocenters. The third kappa shape index (κ3) is 5.68. The molecule has 6 nitrogen and oxygen atoms in total. The van der Waals surface area contributed by atoms with Crippen LogP contribution in [0, 0.1) is 18.3 Å². The van der Waals surface area contributed by atoms with Gasteiger partial charge in [0, 0.05) is 5.69 Å². The fourth-order valence-corrected chi connectivity index (χ4v) is 4.68. The van der Waals surface area contributed by atoms with Crippen LogP contribution in [-0.2, 0) is 4.79 Å². The third-order valence-corrected chi connectivity index (χ3v) is 6.56. The number of amides is 1. The first-order valence-electron chi connectivity index (χ1n) is 9.11. The van der Waals surface area contributed by atoms with E-state index in [0.717, 1.165) is 48.6 Å². The summed E-state index contributed by atoms with van der Waals surface area (Å²) in [4.78, 5) is 12.3. The molecule has 0 atom stereocenters. The van der Waals surface area contributed by atoms with Crippen LogP contribution < -0.4 is 10.6 Å². The van der Waals surface area contributed by atoms with Gasteiger partial charge in [-0.1, -0.05) is 66.5 Å². The molecule has 0 saturated heterocycles. The van der Waals surface area contributed by atoms with Gasteiger partial charge in [0.1, 0.15) is 5.54 Å². The normalized spacial score (nSPS) is 16.1. The van der Waals surface area contributed by atoms with Gasteiger partial charge in [0.25, 0.3) is 0 Å². The fraction of sp³-hybridized carbons (Fsp3) is 0.474. The van der Waals surface area contributed by atoms with E-state index in [4.69, 9.17) is 0 Å². The molecular weight excluding hydrogens is 378 g/mol. The molecule has 2 N–H and O–H groups in total. The Balaban J connectivity index is 1.51. The summed E-state index contributed by atoms with van der Waals surface area (Å²) in [6.45, 7) is 2.04. The highest BCUT2D eigenvalue weighted by Gasteiger charge is 2.32. The molecule has 1 saturated carbocycles. The molecule has 1 aromatic heterocycles. The lowest BCUT2D eigenvalue weighted by molar-refractivity contribution is -0.120. The van der Waals surface area contributed by atoms with Gasteiger partial charge in [-0.05, 0) is 31.9 Å². The van der Waals surface area contributed by atoms with Crippen LogP contribution in [0.5, 0.6) is 0 Å². The van der Waals surface area contributed by atoms with Crippen molar-refractivity contribution in [2.24, 2.45) is 0 Å². The maximum Gasteiger partial charge on any atom is 0.231 e. The van der Waals surface area contributed by atoms with Gasteiger partial charge in [0.2, 0.25) is 11.0 Å². The van der Waals surface area contributed by atoms with Gasteiger partial charge in [-0.25, -0.2) is 0 Å². The number of nitriles is 1.